The average molecular weight is 458 g/mol. The van der Waals surface area contributed by atoms with Crippen LogP contribution in [0.15, 0.2) is 61.2 Å². The summed E-state index contributed by atoms with van der Waals surface area (Å²) in [4.78, 5) is 23.8. The van der Waals surface area contributed by atoms with Gasteiger partial charge >= 0.3 is 5.69 Å². The molecule has 0 atom stereocenters. The molecule has 0 bridgehead atoms. The third kappa shape index (κ3) is 2.96. The first-order chi connectivity index (χ1) is 12.6. The molecule has 128 valence electrons. The summed E-state index contributed by atoms with van der Waals surface area (Å²) in [5.74, 6) is 0.283. The van der Waals surface area contributed by atoms with Crippen LogP contribution in [-0.4, -0.2) is 24.4 Å². The summed E-state index contributed by atoms with van der Waals surface area (Å²) in [6.45, 7) is 0. The van der Waals surface area contributed by atoms with Gasteiger partial charge in [0.1, 0.15) is 12.7 Å². The molecule has 0 fully saturated rings. The van der Waals surface area contributed by atoms with Crippen LogP contribution in [-0.2, 0) is 0 Å². The lowest BCUT2D eigenvalue weighted by Crippen LogP contribution is -2.07. The summed E-state index contributed by atoms with van der Waals surface area (Å²) in [5.41, 5.74) is 1.95. The smallest absolute Gasteiger partial charge is 0.334 e. The van der Waals surface area contributed by atoms with E-state index >= 15 is 0 Å². The number of hydrogen-bond acceptors (Lipinski definition) is 6. The van der Waals surface area contributed by atoms with Crippen molar-refractivity contribution in [2.45, 2.75) is 0 Å². The second kappa shape index (κ2) is 6.67. The molecule has 0 aliphatic rings. The SMILES string of the molecule is O=[N+]([O-])c1c(Nc2ccc(I)cc2)ncnc1-n1cnc2ccccc21. The highest BCUT2D eigenvalue weighted by atomic mass is 127. The van der Waals surface area contributed by atoms with Gasteiger partial charge in [-0.3, -0.25) is 14.7 Å². The van der Waals surface area contributed by atoms with Crippen molar-refractivity contribution in [1.82, 2.24) is 19.5 Å². The molecule has 26 heavy (non-hydrogen) atoms. The molecule has 0 unspecified atom stereocenters. The fourth-order valence-electron chi connectivity index (χ4n) is 2.60. The molecule has 0 aliphatic carbocycles. The van der Waals surface area contributed by atoms with Crippen LogP contribution in [0.25, 0.3) is 16.9 Å². The molecule has 0 saturated carbocycles. The van der Waals surface area contributed by atoms with E-state index in [9.17, 15) is 10.1 Å². The Balaban J connectivity index is 1.86. The predicted molar refractivity (Wildman–Crippen MR) is 106 cm³/mol. The molecule has 0 saturated heterocycles. The van der Waals surface area contributed by atoms with Gasteiger partial charge in [0.15, 0.2) is 0 Å². The quantitative estimate of drug-likeness (QED) is 0.281. The minimum absolute atomic E-state index is 0.124. The summed E-state index contributed by atoms with van der Waals surface area (Å²) in [6.07, 6.45) is 2.82. The number of nitrogens with zero attached hydrogens (tertiary/aromatic N) is 5. The van der Waals surface area contributed by atoms with Crippen molar-refractivity contribution in [1.29, 1.82) is 0 Å². The molecular weight excluding hydrogens is 447 g/mol. The number of nitrogens with one attached hydrogen (secondary N) is 1. The van der Waals surface area contributed by atoms with Crippen molar-refractivity contribution in [2.75, 3.05) is 5.32 Å². The fraction of sp³-hybridized carbons (Fsp3) is 0. The average Bonchev–Trinajstić information content (AvgIpc) is 3.07. The number of nitro groups is 1. The van der Waals surface area contributed by atoms with Crippen LogP contribution in [0, 0.1) is 13.7 Å². The Morgan fingerprint density at radius 2 is 1.81 bits per heavy atom. The van der Waals surface area contributed by atoms with Gasteiger partial charge in [-0.1, -0.05) is 12.1 Å². The van der Waals surface area contributed by atoms with Crippen LogP contribution >= 0.6 is 22.6 Å². The molecule has 0 amide bonds. The van der Waals surface area contributed by atoms with Gasteiger partial charge in [-0.25, -0.2) is 15.0 Å². The van der Waals surface area contributed by atoms with E-state index in [-0.39, 0.29) is 17.3 Å². The maximum atomic E-state index is 11.8. The van der Waals surface area contributed by atoms with Gasteiger partial charge in [-0.2, -0.15) is 0 Å². The predicted octanol–water partition coefficient (Wildman–Crippen LogP) is 4.07. The lowest BCUT2D eigenvalue weighted by molar-refractivity contribution is -0.384. The summed E-state index contributed by atoms with van der Waals surface area (Å²) >= 11 is 2.19. The van der Waals surface area contributed by atoms with Crippen LogP contribution in [0.1, 0.15) is 0 Å². The highest BCUT2D eigenvalue weighted by Gasteiger charge is 2.25. The zero-order valence-corrected chi connectivity index (χ0v) is 15.4. The van der Waals surface area contributed by atoms with E-state index in [4.69, 9.17) is 0 Å². The first-order valence-electron chi connectivity index (χ1n) is 7.58. The lowest BCUT2D eigenvalue weighted by Gasteiger charge is -2.09. The van der Waals surface area contributed by atoms with E-state index in [0.717, 1.165) is 14.6 Å². The summed E-state index contributed by atoms with van der Waals surface area (Å²) in [7, 11) is 0. The standard InChI is InChI=1S/C17H11IN6O2/c18-11-5-7-12(8-6-11)22-16-15(24(25)26)17(20-9-19-16)23-10-21-13-3-1-2-4-14(13)23/h1-10H,(H,19,20,22). The molecule has 0 radical (unpaired) electrons. The zero-order chi connectivity index (χ0) is 18.1. The van der Waals surface area contributed by atoms with E-state index in [2.05, 4.69) is 42.9 Å². The number of para-hydroxylation sites is 2. The molecule has 2 heterocycles. The number of hydrogen-bond donors (Lipinski definition) is 1. The second-order valence-electron chi connectivity index (χ2n) is 5.39. The van der Waals surface area contributed by atoms with E-state index in [1.54, 1.807) is 4.57 Å². The Morgan fingerprint density at radius 1 is 1.04 bits per heavy atom. The van der Waals surface area contributed by atoms with Crippen LogP contribution in [0.4, 0.5) is 17.2 Å². The van der Waals surface area contributed by atoms with Crippen molar-refractivity contribution >= 4 is 50.8 Å². The molecule has 9 heteroatoms. The van der Waals surface area contributed by atoms with Crippen molar-refractivity contribution < 1.29 is 4.92 Å². The summed E-state index contributed by atoms with van der Waals surface area (Å²) in [6, 6.07) is 14.8. The van der Waals surface area contributed by atoms with Gasteiger partial charge in [0, 0.05) is 9.26 Å². The van der Waals surface area contributed by atoms with Crippen molar-refractivity contribution in [2.24, 2.45) is 0 Å². The monoisotopic (exact) mass is 458 g/mol. The van der Waals surface area contributed by atoms with Crippen LogP contribution < -0.4 is 5.32 Å². The third-order valence-corrected chi connectivity index (χ3v) is 4.49. The Hall–Kier alpha value is -3.08. The van der Waals surface area contributed by atoms with Gasteiger partial charge in [-0.15, -0.1) is 0 Å². The topological polar surface area (TPSA) is 98.8 Å². The minimum Gasteiger partial charge on any atom is -0.334 e. The number of imidazole rings is 1. The largest absolute Gasteiger partial charge is 0.354 e. The number of fused-ring (bicyclic) bond motifs is 1. The van der Waals surface area contributed by atoms with Gasteiger partial charge in [0.05, 0.1) is 16.0 Å². The van der Waals surface area contributed by atoms with Crippen LogP contribution in [0.3, 0.4) is 0 Å². The normalized spacial score (nSPS) is 10.8. The number of halogens is 1. The lowest BCUT2D eigenvalue weighted by atomic mass is 10.3. The summed E-state index contributed by atoms with van der Waals surface area (Å²) in [5, 5.41) is 14.8. The molecule has 2 aromatic carbocycles. The first-order valence-corrected chi connectivity index (χ1v) is 8.66. The maximum absolute atomic E-state index is 11.8. The number of aromatic nitrogens is 4. The highest BCUT2D eigenvalue weighted by molar-refractivity contribution is 14.1. The Morgan fingerprint density at radius 3 is 2.58 bits per heavy atom. The molecule has 1 N–H and O–H groups in total. The Kier molecular flexibility index (Phi) is 4.21. The van der Waals surface area contributed by atoms with Gasteiger partial charge in [0.25, 0.3) is 0 Å². The highest BCUT2D eigenvalue weighted by Crippen LogP contribution is 2.31. The molecule has 2 aromatic heterocycles. The molecule has 4 aromatic rings. The number of anilines is 2. The van der Waals surface area contributed by atoms with E-state index in [1.807, 2.05) is 48.5 Å². The van der Waals surface area contributed by atoms with E-state index in [0.29, 0.717) is 5.69 Å². The van der Waals surface area contributed by atoms with Gasteiger partial charge in [0.2, 0.25) is 11.6 Å². The number of rotatable bonds is 4. The van der Waals surface area contributed by atoms with Gasteiger partial charge in [-0.05, 0) is 59.0 Å². The van der Waals surface area contributed by atoms with Crippen molar-refractivity contribution in [3.05, 3.63) is 74.9 Å². The molecule has 0 aliphatic heterocycles. The first kappa shape index (κ1) is 16.4. The molecule has 4 rings (SSSR count). The van der Waals surface area contributed by atoms with Crippen molar-refractivity contribution in [3.63, 3.8) is 0 Å². The minimum atomic E-state index is -0.487. The third-order valence-electron chi connectivity index (χ3n) is 3.77. The van der Waals surface area contributed by atoms with E-state index in [1.165, 1.54) is 12.7 Å². The Bertz CT molecular complexity index is 1110. The second-order valence-corrected chi connectivity index (χ2v) is 6.63. The molecule has 0 spiro atoms. The number of benzene rings is 2. The van der Waals surface area contributed by atoms with Crippen molar-refractivity contribution in [3.8, 4) is 5.82 Å². The molecular formula is C17H11IN6O2. The fourth-order valence-corrected chi connectivity index (χ4v) is 2.96. The van der Waals surface area contributed by atoms with Crippen LogP contribution in [0.2, 0.25) is 0 Å². The van der Waals surface area contributed by atoms with Gasteiger partial charge < -0.3 is 5.32 Å². The zero-order valence-electron chi connectivity index (χ0n) is 13.2. The van der Waals surface area contributed by atoms with Crippen LogP contribution in [0.5, 0.6) is 0 Å². The Labute approximate surface area is 161 Å². The molecule has 8 nitrogen and oxygen atoms in total. The van der Waals surface area contributed by atoms with E-state index < -0.39 is 4.92 Å². The maximum Gasteiger partial charge on any atom is 0.354 e. The summed E-state index contributed by atoms with van der Waals surface area (Å²) < 4.78 is 2.66.